The molecule has 120 valence electrons. The van der Waals surface area contributed by atoms with Crippen LogP contribution in [0.15, 0.2) is 35.1 Å². The van der Waals surface area contributed by atoms with Gasteiger partial charge in [-0.25, -0.2) is 0 Å². The Morgan fingerprint density at radius 1 is 1.17 bits per heavy atom. The van der Waals surface area contributed by atoms with Crippen molar-refractivity contribution in [3.8, 4) is 0 Å². The summed E-state index contributed by atoms with van der Waals surface area (Å²) in [6.07, 6.45) is -0.0340. The Labute approximate surface area is 142 Å². The maximum atomic E-state index is 11.8. The summed E-state index contributed by atoms with van der Waals surface area (Å²) in [6, 6.07) is 8.92. The van der Waals surface area contributed by atoms with E-state index < -0.39 is 0 Å². The maximum Gasteiger partial charge on any atom is 0.251 e. The minimum Gasteiger partial charge on any atom is -0.335 e. The van der Waals surface area contributed by atoms with E-state index in [2.05, 4.69) is 26.1 Å². The molecule has 0 fully saturated rings. The molecular weight excluding hydrogens is 334 g/mol. The van der Waals surface area contributed by atoms with Gasteiger partial charge in [-0.2, -0.15) is 0 Å². The van der Waals surface area contributed by atoms with Crippen LogP contribution in [0.2, 0.25) is 0 Å². The minimum absolute atomic E-state index is 0.0340. The van der Waals surface area contributed by atoms with Gasteiger partial charge in [-0.1, -0.05) is 17.7 Å². The van der Waals surface area contributed by atoms with Crippen molar-refractivity contribution in [2.75, 3.05) is 5.32 Å². The highest BCUT2D eigenvalue weighted by Crippen LogP contribution is 2.07. The number of benzene rings is 1. The first-order valence-electron chi connectivity index (χ1n) is 6.67. The van der Waals surface area contributed by atoms with Crippen LogP contribution >= 0.6 is 24.4 Å². The van der Waals surface area contributed by atoms with E-state index in [0.717, 1.165) is 11.3 Å². The normalized spacial score (nSPS) is 9.96. The Bertz CT molecular complexity index is 798. The van der Waals surface area contributed by atoms with Gasteiger partial charge in [0.15, 0.2) is 9.88 Å². The predicted octanol–water partition coefficient (Wildman–Crippen LogP) is 1.30. The third kappa shape index (κ3) is 5.64. The van der Waals surface area contributed by atoms with Crippen molar-refractivity contribution in [1.82, 2.24) is 20.8 Å². The van der Waals surface area contributed by atoms with E-state index in [-0.39, 0.29) is 27.8 Å². The van der Waals surface area contributed by atoms with E-state index in [0.29, 0.717) is 5.69 Å². The lowest BCUT2D eigenvalue weighted by molar-refractivity contribution is -0.121. The number of hydrogen-bond acceptors (Lipinski definition) is 4. The van der Waals surface area contributed by atoms with Gasteiger partial charge in [-0.05, 0) is 43.5 Å². The molecule has 0 saturated carbocycles. The SMILES string of the molecule is Cc1ccc(NC(=S)NNC(=O)Cc2cc(=O)[nH]c(=S)[nH]2)cc1. The number of aryl methyl sites for hydroxylation is 1. The Morgan fingerprint density at radius 2 is 1.87 bits per heavy atom. The van der Waals surface area contributed by atoms with E-state index in [1.807, 2.05) is 31.2 Å². The van der Waals surface area contributed by atoms with Crippen molar-refractivity contribution in [3.05, 3.63) is 56.7 Å². The second kappa shape index (κ2) is 7.65. The van der Waals surface area contributed by atoms with E-state index in [4.69, 9.17) is 24.4 Å². The molecule has 0 aliphatic carbocycles. The molecule has 0 atom stereocenters. The number of carbonyl (C=O) groups excluding carboxylic acids is 1. The average Bonchev–Trinajstić information content (AvgIpc) is 2.46. The summed E-state index contributed by atoms with van der Waals surface area (Å²) in [4.78, 5) is 28.2. The van der Waals surface area contributed by atoms with Crippen molar-refractivity contribution in [3.63, 3.8) is 0 Å². The Kier molecular flexibility index (Phi) is 5.61. The average molecular weight is 349 g/mol. The summed E-state index contributed by atoms with van der Waals surface area (Å²) in [5, 5.41) is 3.18. The van der Waals surface area contributed by atoms with Crippen molar-refractivity contribution >= 4 is 41.1 Å². The molecule has 0 unspecified atom stereocenters. The summed E-state index contributed by atoms with van der Waals surface area (Å²) >= 11 is 9.92. The number of nitrogens with one attached hydrogen (secondary N) is 5. The lowest BCUT2D eigenvalue weighted by Crippen LogP contribution is -2.44. The number of aromatic amines is 2. The molecule has 1 amide bonds. The van der Waals surface area contributed by atoms with Gasteiger partial charge in [0.2, 0.25) is 5.91 Å². The molecule has 0 radical (unpaired) electrons. The van der Waals surface area contributed by atoms with Gasteiger partial charge >= 0.3 is 0 Å². The maximum absolute atomic E-state index is 11.8. The monoisotopic (exact) mass is 349 g/mol. The first-order valence-corrected chi connectivity index (χ1v) is 7.49. The third-order valence-electron chi connectivity index (χ3n) is 2.79. The van der Waals surface area contributed by atoms with Crippen LogP contribution in [0.25, 0.3) is 0 Å². The number of aromatic nitrogens is 2. The fourth-order valence-corrected chi connectivity index (χ4v) is 2.16. The van der Waals surface area contributed by atoms with Crippen LogP contribution in [0.4, 0.5) is 5.69 Å². The second-order valence-electron chi connectivity index (χ2n) is 4.78. The number of anilines is 1. The zero-order valence-electron chi connectivity index (χ0n) is 12.2. The predicted molar refractivity (Wildman–Crippen MR) is 94.6 cm³/mol. The number of hydrogen-bond donors (Lipinski definition) is 5. The summed E-state index contributed by atoms with van der Waals surface area (Å²) < 4.78 is 0.171. The van der Waals surface area contributed by atoms with Crippen LogP contribution < -0.4 is 21.7 Å². The molecule has 7 nitrogen and oxygen atoms in total. The molecule has 0 aliphatic rings. The molecule has 1 aromatic carbocycles. The van der Waals surface area contributed by atoms with Crippen LogP contribution in [0.1, 0.15) is 11.3 Å². The highest BCUT2D eigenvalue weighted by atomic mass is 32.1. The lowest BCUT2D eigenvalue weighted by atomic mass is 10.2. The van der Waals surface area contributed by atoms with Crippen molar-refractivity contribution in [2.24, 2.45) is 0 Å². The molecule has 5 N–H and O–H groups in total. The number of amides is 1. The number of rotatable bonds is 3. The molecular formula is C14H15N5O2S2. The van der Waals surface area contributed by atoms with Crippen molar-refractivity contribution in [1.29, 1.82) is 0 Å². The molecule has 23 heavy (non-hydrogen) atoms. The van der Waals surface area contributed by atoms with Crippen LogP contribution in [0, 0.1) is 11.7 Å². The summed E-state index contributed by atoms with van der Waals surface area (Å²) in [5.41, 5.74) is 7.03. The number of hydrazine groups is 1. The van der Waals surface area contributed by atoms with Gasteiger partial charge in [-0.3, -0.25) is 25.4 Å². The summed E-state index contributed by atoms with van der Waals surface area (Å²) in [7, 11) is 0. The molecule has 0 spiro atoms. The topological polar surface area (TPSA) is 102 Å². The number of thiocarbonyl (C=S) groups is 1. The van der Waals surface area contributed by atoms with Gasteiger partial charge in [0, 0.05) is 17.4 Å². The van der Waals surface area contributed by atoms with Crippen LogP contribution in [-0.4, -0.2) is 21.0 Å². The highest BCUT2D eigenvalue weighted by Gasteiger charge is 2.05. The standard InChI is InChI=1S/C14H15N5O2S2/c1-8-2-4-9(5-3-8)15-14(23)19-18-12(21)7-10-6-11(20)17-13(22)16-10/h2-6H,7H2,1H3,(H,18,21)(H2,15,19,23)(H2,16,17,20,22). The largest absolute Gasteiger partial charge is 0.335 e. The Morgan fingerprint density at radius 3 is 2.52 bits per heavy atom. The molecule has 9 heteroatoms. The van der Waals surface area contributed by atoms with Gasteiger partial charge in [-0.15, -0.1) is 0 Å². The van der Waals surface area contributed by atoms with Gasteiger partial charge in [0.05, 0.1) is 6.42 Å². The first-order chi connectivity index (χ1) is 10.9. The molecule has 0 saturated heterocycles. The number of carbonyl (C=O) groups is 1. The van der Waals surface area contributed by atoms with E-state index in [9.17, 15) is 9.59 Å². The van der Waals surface area contributed by atoms with Crippen LogP contribution in [-0.2, 0) is 11.2 Å². The minimum atomic E-state index is -0.366. The fraction of sp³-hybridized carbons (Fsp3) is 0.143. The first kappa shape index (κ1) is 16.8. The zero-order chi connectivity index (χ0) is 16.8. The molecule has 2 rings (SSSR count). The zero-order valence-corrected chi connectivity index (χ0v) is 13.9. The lowest BCUT2D eigenvalue weighted by Gasteiger charge is -2.11. The quantitative estimate of drug-likeness (QED) is 0.423. The molecule has 1 heterocycles. The second-order valence-corrected chi connectivity index (χ2v) is 5.60. The van der Waals surface area contributed by atoms with Crippen LogP contribution in [0.3, 0.4) is 0 Å². The van der Waals surface area contributed by atoms with Gasteiger partial charge in [0.1, 0.15) is 0 Å². The smallest absolute Gasteiger partial charge is 0.251 e. The molecule has 2 aromatic rings. The summed E-state index contributed by atoms with van der Waals surface area (Å²) in [6.45, 7) is 1.99. The van der Waals surface area contributed by atoms with Crippen LogP contribution in [0.5, 0.6) is 0 Å². The van der Waals surface area contributed by atoms with Gasteiger partial charge < -0.3 is 10.3 Å². The third-order valence-corrected chi connectivity index (χ3v) is 3.20. The Hall–Kier alpha value is -2.52. The Balaban J connectivity index is 1.83. The molecule has 0 aliphatic heterocycles. The van der Waals surface area contributed by atoms with E-state index >= 15 is 0 Å². The molecule has 0 bridgehead atoms. The van der Waals surface area contributed by atoms with Crippen molar-refractivity contribution in [2.45, 2.75) is 13.3 Å². The fourth-order valence-electron chi connectivity index (χ4n) is 1.76. The molecule has 1 aromatic heterocycles. The van der Waals surface area contributed by atoms with E-state index in [1.165, 1.54) is 6.07 Å². The highest BCUT2D eigenvalue weighted by molar-refractivity contribution is 7.80. The van der Waals surface area contributed by atoms with Gasteiger partial charge in [0.25, 0.3) is 5.56 Å². The summed E-state index contributed by atoms with van der Waals surface area (Å²) in [5.74, 6) is -0.366. The van der Waals surface area contributed by atoms with Crippen molar-refractivity contribution < 1.29 is 4.79 Å². The van der Waals surface area contributed by atoms with E-state index in [1.54, 1.807) is 0 Å². The number of H-pyrrole nitrogens is 2.